The van der Waals surface area contributed by atoms with Crippen LogP contribution < -0.4 is 5.32 Å². The van der Waals surface area contributed by atoms with Crippen molar-refractivity contribution in [3.8, 4) is 0 Å². The zero-order chi connectivity index (χ0) is 29.5. The lowest BCUT2D eigenvalue weighted by molar-refractivity contribution is -0.149. The van der Waals surface area contributed by atoms with E-state index in [1.165, 1.54) is 0 Å². The summed E-state index contributed by atoms with van der Waals surface area (Å²) >= 11 is 0. The maximum absolute atomic E-state index is 12.1. The van der Waals surface area contributed by atoms with Crippen molar-refractivity contribution in [3.05, 3.63) is 0 Å². The lowest BCUT2D eigenvalue weighted by atomic mass is 10.0. The molecular weight excluding hydrogens is 510 g/mol. The van der Waals surface area contributed by atoms with Crippen molar-refractivity contribution in [3.63, 3.8) is 0 Å². The van der Waals surface area contributed by atoms with E-state index in [4.69, 9.17) is 9.47 Å². The number of nitrogens with one attached hydrogen (secondary N) is 1. The molecule has 0 aromatic carbocycles. The number of hydrogen-bond donors (Lipinski definition) is 5. The highest BCUT2D eigenvalue weighted by molar-refractivity contribution is 5.87. The third-order valence-corrected chi connectivity index (χ3v) is 6.27. The molecule has 0 amide bonds. The van der Waals surface area contributed by atoms with E-state index in [9.17, 15) is 39.6 Å². The lowest BCUT2D eigenvalue weighted by Gasteiger charge is -2.16. The molecule has 4 unspecified atom stereocenters. The van der Waals surface area contributed by atoms with E-state index in [1.807, 2.05) is 6.92 Å². The number of aliphatic hydroxyl groups is 4. The van der Waals surface area contributed by atoms with E-state index < -0.39 is 47.9 Å². The van der Waals surface area contributed by atoms with Gasteiger partial charge in [-0.2, -0.15) is 0 Å². The first kappa shape index (κ1) is 37.1. The number of carbonyl (C=O) groups excluding carboxylic acids is 4. The summed E-state index contributed by atoms with van der Waals surface area (Å²) in [5.74, 6) is -2.34. The number of ketones is 2. The Morgan fingerprint density at radius 1 is 0.564 bits per heavy atom. The van der Waals surface area contributed by atoms with Gasteiger partial charge in [0.1, 0.15) is 31.0 Å². The summed E-state index contributed by atoms with van der Waals surface area (Å²) in [5, 5.41) is 42.5. The topological polar surface area (TPSA) is 180 Å². The number of ether oxygens (including phenoxy) is 2. The van der Waals surface area contributed by atoms with Crippen LogP contribution >= 0.6 is 0 Å². The molecule has 5 N–H and O–H groups in total. The average molecular weight is 562 g/mol. The van der Waals surface area contributed by atoms with Crippen molar-refractivity contribution in [2.75, 3.05) is 26.3 Å². The van der Waals surface area contributed by atoms with E-state index in [0.29, 0.717) is 19.4 Å². The van der Waals surface area contributed by atoms with Gasteiger partial charge in [-0.3, -0.25) is 19.2 Å². The second-order valence-corrected chi connectivity index (χ2v) is 9.83. The summed E-state index contributed by atoms with van der Waals surface area (Å²) in [6.07, 6.45) is 1.99. The molecule has 0 saturated carbocycles. The number of rotatable bonds is 26. The maximum atomic E-state index is 12.1. The van der Waals surface area contributed by atoms with Gasteiger partial charge >= 0.3 is 11.9 Å². The Morgan fingerprint density at radius 3 is 1.59 bits per heavy atom. The minimum Gasteiger partial charge on any atom is -0.466 e. The van der Waals surface area contributed by atoms with Gasteiger partial charge in [-0.25, -0.2) is 0 Å². The van der Waals surface area contributed by atoms with Crippen LogP contribution in [0.3, 0.4) is 0 Å². The highest BCUT2D eigenvalue weighted by Gasteiger charge is 2.24. The summed E-state index contributed by atoms with van der Waals surface area (Å²) in [7, 11) is 0. The molecule has 0 spiro atoms. The highest BCUT2D eigenvalue weighted by atomic mass is 16.5. The Labute approximate surface area is 232 Å². The van der Waals surface area contributed by atoms with Gasteiger partial charge in [0, 0.05) is 6.42 Å². The van der Waals surface area contributed by atoms with Gasteiger partial charge in [0.25, 0.3) is 0 Å². The molecule has 0 bridgehead atoms. The van der Waals surface area contributed by atoms with Crippen molar-refractivity contribution in [1.82, 2.24) is 5.32 Å². The number of carbonyl (C=O) groups is 4. The molecule has 0 saturated heterocycles. The van der Waals surface area contributed by atoms with E-state index in [0.717, 1.165) is 38.5 Å². The molecule has 0 aliphatic carbocycles. The van der Waals surface area contributed by atoms with Gasteiger partial charge in [-0.15, -0.1) is 0 Å². The molecule has 228 valence electrons. The molecule has 0 radical (unpaired) electrons. The molecule has 0 heterocycles. The maximum Gasteiger partial charge on any atom is 0.309 e. The van der Waals surface area contributed by atoms with Crippen LogP contribution in [0.25, 0.3) is 0 Å². The minimum atomic E-state index is -1.43. The fourth-order valence-electron chi connectivity index (χ4n) is 3.74. The summed E-state index contributed by atoms with van der Waals surface area (Å²) in [4.78, 5) is 47.4. The molecule has 11 nitrogen and oxygen atoms in total. The Balaban J connectivity index is 3.91. The average Bonchev–Trinajstić information content (AvgIpc) is 2.92. The third kappa shape index (κ3) is 19.7. The lowest BCUT2D eigenvalue weighted by Crippen LogP contribution is -2.36. The summed E-state index contributed by atoms with van der Waals surface area (Å²) in [6.45, 7) is 4.79. The minimum absolute atomic E-state index is 0.0207. The fourth-order valence-corrected chi connectivity index (χ4v) is 3.74. The van der Waals surface area contributed by atoms with Gasteiger partial charge in [0.15, 0.2) is 11.6 Å². The van der Waals surface area contributed by atoms with Gasteiger partial charge in [-0.05, 0) is 51.6 Å². The Kier molecular flexibility index (Phi) is 22.7. The first-order valence-electron chi connectivity index (χ1n) is 14.5. The molecule has 4 atom stereocenters. The second-order valence-electron chi connectivity index (χ2n) is 9.83. The molecule has 0 aliphatic heterocycles. The van der Waals surface area contributed by atoms with Gasteiger partial charge in [0.05, 0.1) is 13.0 Å². The molecule has 0 rings (SSSR count). The SMILES string of the molecule is CCCCCCCOC(=O)CCOC(=O)CCCC(O)C(=O)C(O)CCNCCC(O)C(=O)C(O)CCCC. The predicted molar refractivity (Wildman–Crippen MR) is 145 cm³/mol. The number of unbranched alkanes of at least 4 members (excludes halogenated alkanes) is 5. The number of Topliss-reactive ketones (excluding diaryl/α,β-unsaturated/α-hetero) is 2. The van der Waals surface area contributed by atoms with Crippen LogP contribution in [-0.4, -0.2) is 94.7 Å². The van der Waals surface area contributed by atoms with E-state index in [2.05, 4.69) is 12.2 Å². The van der Waals surface area contributed by atoms with Crippen molar-refractivity contribution < 1.29 is 49.1 Å². The molecule has 0 aliphatic rings. The van der Waals surface area contributed by atoms with Crippen LogP contribution in [0.4, 0.5) is 0 Å². The van der Waals surface area contributed by atoms with E-state index in [-0.39, 0.29) is 58.2 Å². The Morgan fingerprint density at radius 2 is 1.03 bits per heavy atom. The first-order chi connectivity index (χ1) is 18.6. The quantitative estimate of drug-likeness (QED) is 0.0767. The molecule has 0 fully saturated rings. The third-order valence-electron chi connectivity index (χ3n) is 6.27. The Hall–Kier alpha value is -1.92. The summed E-state index contributed by atoms with van der Waals surface area (Å²) < 4.78 is 10.1. The zero-order valence-electron chi connectivity index (χ0n) is 23.8. The van der Waals surface area contributed by atoms with Crippen LogP contribution in [0.1, 0.15) is 104 Å². The first-order valence-corrected chi connectivity index (χ1v) is 14.5. The molecule has 0 aromatic heterocycles. The summed E-state index contributed by atoms with van der Waals surface area (Å²) in [6, 6.07) is 0. The highest BCUT2D eigenvalue weighted by Crippen LogP contribution is 2.09. The van der Waals surface area contributed by atoms with Crippen LogP contribution in [0.2, 0.25) is 0 Å². The standard InChI is InChI=1S/C28H51NO10/c1-3-5-7-8-9-19-38-26(35)16-20-39-25(34)13-10-12-22(31)28(37)24(33)15-18-29-17-14-23(32)27(36)21(30)11-6-4-2/h21-24,29-33H,3-20H2,1-2H3. The largest absolute Gasteiger partial charge is 0.466 e. The Bertz CT molecular complexity index is 687. The fraction of sp³-hybridized carbons (Fsp3) is 0.857. The molecule has 0 aromatic rings. The normalized spacial score (nSPS) is 14.3. The second kappa shape index (κ2) is 23.9. The van der Waals surface area contributed by atoms with Crippen molar-refractivity contribution in [2.45, 2.75) is 128 Å². The van der Waals surface area contributed by atoms with Crippen molar-refractivity contribution in [1.29, 1.82) is 0 Å². The summed E-state index contributed by atoms with van der Waals surface area (Å²) in [5.41, 5.74) is 0. The van der Waals surface area contributed by atoms with Crippen LogP contribution in [0, 0.1) is 0 Å². The monoisotopic (exact) mass is 561 g/mol. The smallest absolute Gasteiger partial charge is 0.309 e. The van der Waals surface area contributed by atoms with Crippen molar-refractivity contribution >= 4 is 23.5 Å². The predicted octanol–water partition coefficient (Wildman–Crippen LogP) is 1.75. The van der Waals surface area contributed by atoms with E-state index in [1.54, 1.807) is 0 Å². The van der Waals surface area contributed by atoms with Crippen LogP contribution in [0.5, 0.6) is 0 Å². The van der Waals surface area contributed by atoms with Crippen LogP contribution in [0.15, 0.2) is 0 Å². The molecular formula is C28H51NO10. The zero-order valence-corrected chi connectivity index (χ0v) is 23.8. The van der Waals surface area contributed by atoms with Crippen molar-refractivity contribution in [2.24, 2.45) is 0 Å². The van der Waals surface area contributed by atoms with Gasteiger partial charge in [-0.1, -0.05) is 52.4 Å². The number of aliphatic hydroxyl groups excluding tert-OH is 4. The van der Waals surface area contributed by atoms with E-state index >= 15 is 0 Å². The number of esters is 2. The van der Waals surface area contributed by atoms with Crippen LogP contribution in [-0.2, 0) is 28.7 Å². The molecule has 39 heavy (non-hydrogen) atoms. The number of hydrogen-bond acceptors (Lipinski definition) is 11. The van der Waals surface area contributed by atoms with Gasteiger partial charge < -0.3 is 35.2 Å². The van der Waals surface area contributed by atoms with Gasteiger partial charge in [0.2, 0.25) is 0 Å². The molecule has 11 heteroatoms.